The van der Waals surface area contributed by atoms with Crippen molar-refractivity contribution in [3.05, 3.63) is 85.2 Å². The van der Waals surface area contributed by atoms with Crippen LogP contribution in [-0.4, -0.2) is 28.8 Å². The van der Waals surface area contributed by atoms with Gasteiger partial charge in [-0.1, -0.05) is 30.3 Å². The second-order valence-electron chi connectivity index (χ2n) is 8.67. The SMILES string of the molecule is COc1cc(/C=N\NC(=O)Cn2cnc3sc4c(c3c2=O)CCCC4)cc(Br)c1OCc1ccccc1. The number of thiophene rings is 1. The van der Waals surface area contributed by atoms with E-state index in [0.717, 1.165) is 41.6 Å². The first-order chi connectivity index (χ1) is 18.0. The molecule has 1 amide bonds. The molecule has 8 nitrogen and oxygen atoms in total. The van der Waals surface area contributed by atoms with Crippen molar-refractivity contribution in [1.82, 2.24) is 15.0 Å². The van der Waals surface area contributed by atoms with Crippen molar-refractivity contribution in [1.29, 1.82) is 0 Å². The zero-order valence-corrected chi connectivity index (χ0v) is 22.6. The zero-order chi connectivity index (χ0) is 25.8. The Balaban J connectivity index is 1.25. The summed E-state index contributed by atoms with van der Waals surface area (Å²) in [5, 5.41) is 4.71. The molecule has 37 heavy (non-hydrogen) atoms. The van der Waals surface area contributed by atoms with E-state index in [1.807, 2.05) is 36.4 Å². The number of hydrogen-bond donors (Lipinski definition) is 1. The summed E-state index contributed by atoms with van der Waals surface area (Å²) in [7, 11) is 1.56. The summed E-state index contributed by atoms with van der Waals surface area (Å²) in [5.41, 5.74) is 5.15. The van der Waals surface area contributed by atoms with E-state index in [2.05, 4.69) is 31.4 Å². The Morgan fingerprint density at radius 3 is 2.86 bits per heavy atom. The Bertz CT molecular complexity index is 1530. The molecule has 0 spiro atoms. The van der Waals surface area contributed by atoms with Gasteiger partial charge in [0.05, 0.1) is 29.5 Å². The van der Waals surface area contributed by atoms with E-state index in [0.29, 0.717) is 33.5 Å². The molecular weight excluding hydrogens is 556 g/mol. The number of methoxy groups -OCH3 is 1. The van der Waals surface area contributed by atoms with Crippen LogP contribution in [0.25, 0.3) is 10.2 Å². The molecule has 5 rings (SSSR count). The Hall–Kier alpha value is -3.50. The highest BCUT2D eigenvalue weighted by Crippen LogP contribution is 2.37. The van der Waals surface area contributed by atoms with Gasteiger partial charge in [-0.2, -0.15) is 5.10 Å². The molecule has 2 aromatic heterocycles. The molecule has 2 aromatic carbocycles. The molecule has 190 valence electrons. The van der Waals surface area contributed by atoms with Crippen LogP contribution in [0.15, 0.2) is 63.2 Å². The van der Waals surface area contributed by atoms with Gasteiger partial charge >= 0.3 is 0 Å². The molecule has 0 unspecified atom stereocenters. The number of carbonyl (C=O) groups is 1. The van der Waals surface area contributed by atoms with Gasteiger partial charge in [0, 0.05) is 4.88 Å². The lowest BCUT2D eigenvalue weighted by atomic mass is 9.97. The Kier molecular flexibility index (Phi) is 7.66. The van der Waals surface area contributed by atoms with Crippen molar-refractivity contribution in [2.45, 2.75) is 38.8 Å². The highest BCUT2D eigenvalue weighted by molar-refractivity contribution is 9.10. The number of halogens is 1. The topological polar surface area (TPSA) is 94.8 Å². The summed E-state index contributed by atoms with van der Waals surface area (Å²) >= 11 is 5.12. The van der Waals surface area contributed by atoms with Crippen molar-refractivity contribution < 1.29 is 14.3 Å². The highest BCUT2D eigenvalue weighted by atomic mass is 79.9. The molecule has 1 N–H and O–H groups in total. The van der Waals surface area contributed by atoms with Gasteiger partial charge in [-0.3, -0.25) is 14.2 Å². The Morgan fingerprint density at radius 1 is 1.24 bits per heavy atom. The summed E-state index contributed by atoms with van der Waals surface area (Å²) in [5.74, 6) is 0.686. The molecule has 0 atom stereocenters. The third-order valence-corrected chi connectivity index (χ3v) is 7.93. The monoisotopic (exact) mass is 580 g/mol. The number of fused-ring (bicyclic) bond motifs is 3. The van der Waals surface area contributed by atoms with Crippen molar-refractivity contribution in [3.8, 4) is 11.5 Å². The minimum atomic E-state index is -0.419. The molecule has 1 aliphatic carbocycles. The van der Waals surface area contributed by atoms with Gasteiger partial charge in [0.2, 0.25) is 0 Å². The number of nitrogens with one attached hydrogen (secondary N) is 1. The van der Waals surface area contributed by atoms with Crippen LogP contribution in [0.2, 0.25) is 0 Å². The third-order valence-electron chi connectivity index (χ3n) is 6.14. The number of aromatic nitrogens is 2. The van der Waals surface area contributed by atoms with E-state index in [-0.39, 0.29) is 12.1 Å². The van der Waals surface area contributed by atoms with Crippen molar-refractivity contribution >= 4 is 49.6 Å². The van der Waals surface area contributed by atoms with Gasteiger partial charge in [0.15, 0.2) is 11.5 Å². The summed E-state index contributed by atoms with van der Waals surface area (Å²) < 4.78 is 13.5. The van der Waals surface area contributed by atoms with Gasteiger partial charge in [0.1, 0.15) is 18.0 Å². The largest absolute Gasteiger partial charge is 0.493 e. The lowest BCUT2D eigenvalue weighted by Crippen LogP contribution is -2.30. The van der Waals surface area contributed by atoms with Crippen molar-refractivity contribution in [3.63, 3.8) is 0 Å². The molecule has 0 bridgehead atoms. The van der Waals surface area contributed by atoms with Crippen molar-refractivity contribution in [2.75, 3.05) is 7.11 Å². The van der Waals surface area contributed by atoms with Gasteiger partial charge in [-0.25, -0.2) is 10.4 Å². The molecule has 0 saturated carbocycles. The second kappa shape index (κ2) is 11.3. The average molecular weight is 581 g/mol. The quantitative estimate of drug-likeness (QED) is 0.238. The fraction of sp³-hybridized carbons (Fsp3) is 0.259. The standard InChI is InChI=1S/C27H25BrN4O4S/c1-35-21-12-18(11-20(28)25(21)36-15-17-7-3-2-4-8-17)13-30-31-23(33)14-32-16-29-26-24(27(32)34)19-9-5-6-10-22(19)37-26/h2-4,7-8,11-13,16H,5-6,9-10,14-15H2,1H3,(H,31,33)/b30-13-. The molecule has 0 saturated heterocycles. The average Bonchev–Trinajstić information content (AvgIpc) is 3.29. The smallest absolute Gasteiger partial charge is 0.262 e. The van der Waals surface area contributed by atoms with E-state index in [4.69, 9.17) is 9.47 Å². The van der Waals surface area contributed by atoms with E-state index in [9.17, 15) is 9.59 Å². The molecule has 1 aliphatic rings. The fourth-order valence-electron chi connectivity index (χ4n) is 4.35. The third kappa shape index (κ3) is 5.60. The van der Waals surface area contributed by atoms with Crippen molar-refractivity contribution in [2.24, 2.45) is 5.10 Å². The van der Waals surface area contributed by atoms with Gasteiger partial charge in [-0.15, -0.1) is 11.3 Å². The number of benzene rings is 2. The maximum Gasteiger partial charge on any atom is 0.262 e. The van der Waals surface area contributed by atoms with Gasteiger partial charge < -0.3 is 9.47 Å². The van der Waals surface area contributed by atoms with Crippen LogP contribution < -0.4 is 20.5 Å². The van der Waals surface area contributed by atoms with Crippen LogP contribution in [0, 0.1) is 0 Å². The Morgan fingerprint density at radius 2 is 2.05 bits per heavy atom. The molecule has 0 radical (unpaired) electrons. The van der Waals surface area contributed by atoms with Crippen LogP contribution >= 0.6 is 27.3 Å². The van der Waals surface area contributed by atoms with Crippen LogP contribution in [-0.2, 0) is 30.8 Å². The highest BCUT2D eigenvalue weighted by Gasteiger charge is 2.20. The summed E-state index contributed by atoms with van der Waals surface area (Å²) in [6.45, 7) is 0.233. The molecular formula is C27H25BrN4O4S. The number of carbonyl (C=O) groups excluding carboxylic acids is 1. The first-order valence-corrected chi connectivity index (χ1v) is 13.5. The van der Waals surface area contributed by atoms with E-state index in [1.165, 1.54) is 22.0 Å². The van der Waals surface area contributed by atoms with Gasteiger partial charge in [-0.05, 0) is 70.4 Å². The first-order valence-electron chi connectivity index (χ1n) is 11.9. The maximum atomic E-state index is 13.1. The van der Waals surface area contributed by atoms with Gasteiger partial charge in [0.25, 0.3) is 11.5 Å². The lowest BCUT2D eigenvalue weighted by molar-refractivity contribution is -0.121. The number of hydrazone groups is 1. The number of rotatable bonds is 8. The molecule has 2 heterocycles. The normalized spacial score (nSPS) is 13.0. The molecule has 0 aliphatic heterocycles. The number of aryl methyl sites for hydroxylation is 2. The lowest BCUT2D eigenvalue weighted by Gasteiger charge is -2.13. The minimum Gasteiger partial charge on any atom is -0.493 e. The minimum absolute atomic E-state index is 0.164. The fourth-order valence-corrected chi connectivity index (χ4v) is 6.14. The molecule has 4 aromatic rings. The molecule has 10 heteroatoms. The number of hydrogen-bond acceptors (Lipinski definition) is 7. The number of amides is 1. The second-order valence-corrected chi connectivity index (χ2v) is 10.6. The van der Waals surface area contributed by atoms with Crippen LogP contribution in [0.3, 0.4) is 0 Å². The summed E-state index contributed by atoms with van der Waals surface area (Å²) in [6.07, 6.45) is 7.04. The summed E-state index contributed by atoms with van der Waals surface area (Å²) in [4.78, 5) is 32.0. The van der Waals surface area contributed by atoms with E-state index < -0.39 is 5.91 Å². The number of nitrogens with zero attached hydrogens (tertiary/aromatic N) is 3. The first kappa shape index (κ1) is 25.2. The maximum absolute atomic E-state index is 13.1. The van der Waals surface area contributed by atoms with Crippen LogP contribution in [0.5, 0.6) is 11.5 Å². The van der Waals surface area contributed by atoms with Crippen LogP contribution in [0.1, 0.15) is 34.4 Å². The van der Waals surface area contributed by atoms with E-state index in [1.54, 1.807) is 24.5 Å². The predicted octanol–water partition coefficient (Wildman–Crippen LogP) is 4.84. The van der Waals surface area contributed by atoms with Crippen LogP contribution in [0.4, 0.5) is 0 Å². The predicted molar refractivity (Wildman–Crippen MR) is 148 cm³/mol. The van der Waals surface area contributed by atoms with E-state index >= 15 is 0 Å². The Labute approximate surface area is 226 Å². The zero-order valence-electron chi connectivity index (χ0n) is 20.2. The molecule has 0 fully saturated rings. The number of ether oxygens (including phenoxy) is 2. The summed E-state index contributed by atoms with van der Waals surface area (Å²) in [6, 6.07) is 13.4.